The molecule has 29 heavy (non-hydrogen) atoms. The number of hydrogen-bond acceptors (Lipinski definition) is 4. The van der Waals surface area contributed by atoms with Gasteiger partial charge >= 0.3 is 0 Å². The van der Waals surface area contributed by atoms with Crippen LogP contribution in [0.3, 0.4) is 0 Å². The SMILES string of the molecule is CCNC(=NCC(O)COC(C)c1ccccc1)NC1CCN(C2CC2)CC1.I. The smallest absolute Gasteiger partial charge is 0.191 e. The molecule has 1 aromatic carbocycles. The van der Waals surface area contributed by atoms with Crippen LogP contribution in [0.15, 0.2) is 35.3 Å². The third-order valence-electron chi connectivity index (χ3n) is 5.55. The van der Waals surface area contributed by atoms with Crippen LogP contribution < -0.4 is 10.6 Å². The molecular formula is C22H37IN4O2. The van der Waals surface area contributed by atoms with Crippen molar-refractivity contribution in [1.82, 2.24) is 15.5 Å². The first-order valence-corrected chi connectivity index (χ1v) is 10.8. The van der Waals surface area contributed by atoms with Crippen molar-refractivity contribution in [3.05, 3.63) is 35.9 Å². The van der Waals surface area contributed by atoms with Gasteiger partial charge < -0.3 is 25.4 Å². The molecular weight excluding hydrogens is 479 g/mol. The summed E-state index contributed by atoms with van der Waals surface area (Å²) in [6, 6.07) is 11.4. The van der Waals surface area contributed by atoms with Gasteiger partial charge in [-0.25, -0.2) is 0 Å². The molecule has 7 heteroatoms. The molecule has 1 aliphatic heterocycles. The van der Waals surface area contributed by atoms with Crippen LogP contribution in [-0.4, -0.2) is 66.9 Å². The predicted octanol–water partition coefficient (Wildman–Crippen LogP) is 2.93. The molecule has 0 bridgehead atoms. The largest absolute Gasteiger partial charge is 0.389 e. The van der Waals surface area contributed by atoms with E-state index in [-0.39, 0.29) is 36.7 Å². The molecule has 2 unspecified atom stereocenters. The van der Waals surface area contributed by atoms with Gasteiger partial charge in [0.1, 0.15) is 0 Å². The molecule has 2 fully saturated rings. The summed E-state index contributed by atoms with van der Waals surface area (Å²) in [5, 5.41) is 17.1. The van der Waals surface area contributed by atoms with Crippen molar-refractivity contribution >= 4 is 29.9 Å². The number of nitrogens with zero attached hydrogens (tertiary/aromatic N) is 2. The van der Waals surface area contributed by atoms with Gasteiger partial charge in [0, 0.05) is 31.7 Å². The van der Waals surface area contributed by atoms with E-state index in [1.165, 1.54) is 25.9 Å². The van der Waals surface area contributed by atoms with Gasteiger partial charge in [0.15, 0.2) is 5.96 Å². The zero-order valence-corrected chi connectivity index (χ0v) is 20.0. The Bertz CT molecular complexity index is 604. The van der Waals surface area contributed by atoms with Crippen LogP contribution >= 0.6 is 24.0 Å². The highest BCUT2D eigenvalue weighted by atomic mass is 127. The Morgan fingerprint density at radius 2 is 1.90 bits per heavy atom. The van der Waals surface area contributed by atoms with Gasteiger partial charge in [-0.3, -0.25) is 4.99 Å². The maximum absolute atomic E-state index is 10.3. The van der Waals surface area contributed by atoms with E-state index in [0.717, 1.165) is 37.0 Å². The monoisotopic (exact) mass is 516 g/mol. The number of likely N-dealkylation sites (tertiary alicyclic amines) is 1. The number of aliphatic hydroxyl groups is 1. The Morgan fingerprint density at radius 1 is 1.21 bits per heavy atom. The summed E-state index contributed by atoms with van der Waals surface area (Å²) in [6.07, 6.45) is 4.42. The number of ether oxygens (including phenoxy) is 1. The predicted molar refractivity (Wildman–Crippen MR) is 129 cm³/mol. The van der Waals surface area contributed by atoms with Crippen LogP contribution in [0.4, 0.5) is 0 Å². The summed E-state index contributed by atoms with van der Waals surface area (Å²) >= 11 is 0. The van der Waals surface area contributed by atoms with Crippen LogP contribution in [0.5, 0.6) is 0 Å². The molecule has 0 radical (unpaired) electrons. The maximum Gasteiger partial charge on any atom is 0.191 e. The molecule has 0 aromatic heterocycles. The Hall–Kier alpha value is -0.900. The standard InChI is InChI=1S/C22H36N4O2.HI/c1-3-23-22(25-19-11-13-26(14-12-19)20-9-10-20)24-15-21(27)16-28-17(2)18-7-5-4-6-8-18;/h4-8,17,19-21,27H,3,9-16H2,1-2H3,(H2,23,24,25);1H. The summed E-state index contributed by atoms with van der Waals surface area (Å²) in [4.78, 5) is 7.20. The van der Waals surface area contributed by atoms with Gasteiger partial charge in [-0.15, -0.1) is 24.0 Å². The first kappa shape index (κ1) is 24.4. The van der Waals surface area contributed by atoms with Crippen LogP contribution in [0.25, 0.3) is 0 Å². The second-order valence-electron chi connectivity index (χ2n) is 7.95. The zero-order chi connectivity index (χ0) is 19.8. The average Bonchev–Trinajstić information content (AvgIpc) is 3.57. The van der Waals surface area contributed by atoms with E-state index in [0.29, 0.717) is 12.6 Å². The van der Waals surface area contributed by atoms with Gasteiger partial charge in [0.2, 0.25) is 0 Å². The highest BCUT2D eigenvalue weighted by molar-refractivity contribution is 14.0. The molecule has 3 N–H and O–H groups in total. The minimum absolute atomic E-state index is 0. The molecule has 2 atom stereocenters. The van der Waals surface area contributed by atoms with E-state index < -0.39 is 6.10 Å². The number of aliphatic hydroxyl groups excluding tert-OH is 1. The number of piperidine rings is 1. The highest BCUT2D eigenvalue weighted by Crippen LogP contribution is 2.29. The summed E-state index contributed by atoms with van der Waals surface area (Å²) in [7, 11) is 0. The van der Waals surface area contributed by atoms with Crippen LogP contribution in [0.1, 0.15) is 51.2 Å². The summed E-state index contributed by atoms with van der Waals surface area (Å²) in [5.41, 5.74) is 1.12. The summed E-state index contributed by atoms with van der Waals surface area (Å²) in [6.45, 7) is 7.84. The van der Waals surface area contributed by atoms with Crippen LogP contribution in [0, 0.1) is 0 Å². The molecule has 1 saturated heterocycles. The Morgan fingerprint density at radius 3 is 2.52 bits per heavy atom. The molecule has 3 rings (SSSR count). The topological polar surface area (TPSA) is 69.1 Å². The first-order chi connectivity index (χ1) is 13.7. The average molecular weight is 516 g/mol. The quantitative estimate of drug-likeness (QED) is 0.268. The lowest BCUT2D eigenvalue weighted by atomic mass is 10.1. The van der Waals surface area contributed by atoms with E-state index in [2.05, 4.69) is 27.4 Å². The molecule has 2 aliphatic rings. The minimum atomic E-state index is -0.613. The normalized spacial score (nSPS) is 20.6. The summed E-state index contributed by atoms with van der Waals surface area (Å²) in [5.74, 6) is 0.794. The lowest BCUT2D eigenvalue weighted by Gasteiger charge is -2.33. The number of nitrogens with one attached hydrogen (secondary N) is 2. The zero-order valence-electron chi connectivity index (χ0n) is 17.7. The third kappa shape index (κ3) is 8.39. The van der Waals surface area contributed by atoms with Gasteiger partial charge in [0.25, 0.3) is 0 Å². The lowest BCUT2D eigenvalue weighted by molar-refractivity contribution is 0.00111. The van der Waals surface area contributed by atoms with Gasteiger partial charge in [-0.05, 0) is 45.1 Å². The molecule has 1 aliphatic carbocycles. The van der Waals surface area contributed by atoms with Crippen molar-refractivity contribution in [2.24, 2.45) is 4.99 Å². The van der Waals surface area contributed by atoms with E-state index in [1.807, 2.05) is 37.3 Å². The maximum atomic E-state index is 10.3. The number of guanidine groups is 1. The molecule has 1 aromatic rings. The molecule has 0 amide bonds. The molecule has 6 nitrogen and oxygen atoms in total. The molecule has 1 heterocycles. The number of hydrogen-bond donors (Lipinski definition) is 3. The molecule has 0 spiro atoms. The van der Waals surface area contributed by atoms with Crippen molar-refractivity contribution in [1.29, 1.82) is 0 Å². The molecule has 164 valence electrons. The van der Waals surface area contributed by atoms with Crippen molar-refractivity contribution < 1.29 is 9.84 Å². The number of rotatable bonds is 9. The van der Waals surface area contributed by atoms with Crippen LogP contribution in [-0.2, 0) is 4.74 Å². The third-order valence-corrected chi connectivity index (χ3v) is 5.55. The summed E-state index contributed by atoms with van der Waals surface area (Å²) < 4.78 is 5.81. The number of benzene rings is 1. The number of aliphatic imine (C=N–C) groups is 1. The van der Waals surface area contributed by atoms with E-state index >= 15 is 0 Å². The van der Waals surface area contributed by atoms with Crippen molar-refractivity contribution in [2.45, 2.75) is 63.8 Å². The van der Waals surface area contributed by atoms with Crippen LogP contribution in [0.2, 0.25) is 0 Å². The van der Waals surface area contributed by atoms with Crippen molar-refractivity contribution in [2.75, 3.05) is 32.8 Å². The second kappa shape index (κ2) is 12.7. The Balaban J connectivity index is 0.00000300. The Kier molecular flexibility index (Phi) is 10.7. The number of halogens is 1. The fourth-order valence-corrected chi connectivity index (χ4v) is 3.69. The van der Waals surface area contributed by atoms with E-state index in [9.17, 15) is 5.11 Å². The van der Waals surface area contributed by atoms with Gasteiger partial charge in [0.05, 0.1) is 25.4 Å². The van der Waals surface area contributed by atoms with E-state index in [4.69, 9.17) is 4.74 Å². The Labute approximate surface area is 192 Å². The highest BCUT2D eigenvalue weighted by Gasteiger charge is 2.31. The van der Waals surface area contributed by atoms with Crippen molar-refractivity contribution in [3.63, 3.8) is 0 Å². The fourth-order valence-electron chi connectivity index (χ4n) is 3.69. The van der Waals surface area contributed by atoms with Gasteiger partial charge in [-0.2, -0.15) is 0 Å². The first-order valence-electron chi connectivity index (χ1n) is 10.8. The minimum Gasteiger partial charge on any atom is -0.389 e. The van der Waals surface area contributed by atoms with E-state index in [1.54, 1.807) is 0 Å². The van der Waals surface area contributed by atoms with Crippen molar-refractivity contribution in [3.8, 4) is 0 Å². The lowest BCUT2D eigenvalue weighted by Crippen LogP contribution is -2.49. The fraction of sp³-hybridized carbons (Fsp3) is 0.682. The van der Waals surface area contributed by atoms with Gasteiger partial charge in [-0.1, -0.05) is 30.3 Å². The second-order valence-corrected chi connectivity index (χ2v) is 7.95. The molecule has 1 saturated carbocycles.